The van der Waals surface area contributed by atoms with Gasteiger partial charge in [0.1, 0.15) is 5.82 Å². The van der Waals surface area contributed by atoms with Crippen LogP contribution in [-0.2, 0) is 4.79 Å². The predicted octanol–water partition coefficient (Wildman–Crippen LogP) is 4.28. The Bertz CT molecular complexity index is 851. The van der Waals surface area contributed by atoms with E-state index in [1.165, 1.54) is 0 Å². The lowest BCUT2D eigenvalue weighted by Gasteiger charge is -2.18. The lowest BCUT2D eigenvalue weighted by molar-refractivity contribution is -0.123. The van der Waals surface area contributed by atoms with Crippen LogP contribution in [0.1, 0.15) is 20.8 Å². The van der Waals surface area contributed by atoms with Gasteiger partial charge in [-0.1, -0.05) is 51.1 Å². The monoisotopic (exact) mass is 305 g/mol. The largest absolute Gasteiger partial charge is 0.310 e. The van der Waals surface area contributed by atoms with Crippen molar-refractivity contribution in [1.82, 2.24) is 9.97 Å². The Morgan fingerprint density at radius 1 is 1.00 bits per heavy atom. The Balaban J connectivity index is 2.13. The van der Waals surface area contributed by atoms with Crippen molar-refractivity contribution in [3.05, 3.63) is 54.7 Å². The molecule has 4 heteroatoms. The minimum absolute atomic E-state index is 0.0617. The summed E-state index contributed by atoms with van der Waals surface area (Å²) in [7, 11) is 0. The molecule has 116 valence electrons. The fourth-order valence-corrected chi connectivity index (χ4v) is 2.23. The molecule has 0 fully saturated rings. The van der Waals surface area contributed by atoms with E-state index >= 15 is 0 Å². The van der Waals surface area contributed by atoms with Gasteiger partial charge in [0, 0.05) is 17.0 Å². The minimum atomic E-state index is -0.482. The molecule has 2 heterocycles. The Morgan fingerprint density at radius 2 is 1.74 bits per heavy atom. The first-order chi connectivity index (χ1) is 10.9. The number of fused-ring (bicyclic) bond motifs is 1. The molecule has 0 unspecified atom stereocenters. The molecular formula is C19H19N3O. The molecule has 0 atom stereocenters. The average molecular weight is 305 g/mol. The van der Waals surface area contributed by atoms with Crippen LogP contribution in [0, 0.1) is 5.41 Å². The molecule has 0 radical (unpaired) electrons. The van der Waals surface area contributed by atoms with Crippen molar-refractivity contribution in [1.29, 1.82) is 0 Å². The molecule has 23 heavy (non-hydrogen) atoms. The van der Waals surface area contributed by atoms with E-state index in [9.17, 15) is 4.79 Å². The smallest absolute Gasteiger partial charge is 0.230 e. The van der Waals surface area contributed by atoms with E-state index in [0.717, 1.165) is 22.2 Å². The van der Waals surface area contributed by atoms with Gasteiger partial charge < -0.3 is 5.32 Å². The molecule has 3 rings (SSSR count). The number of aromatic nitrogens is 2. The molecule has 1 aromatic carbocycles. The van der Waals surface area contributed by atoms with E-state index in [4.69, 9.17) is 0 Å². The highest BCUT2D eigenvalue weighted by Crippen LogP contribution is 2.28. The zero-order chi connectivity index (χ0) is 16.4. The number of pyridine rings is 2. The summed E-state index contributed by atoms with van der Waals surface area (Å²) in [6, 6.07) is 15.6. The molecule has 0 aliphatic heterocycles. The molecule has 1 N–H and O–H groups in total. The Morgan fingerprint density at radius 3 is 2.43 bits per heavy atom. The molecule has 0 aliphatic rings. The van der Waals surface area contributed by atoms with Crippen LogP contribution in [0.25, 0.3) is 22.2 Å². The van der Waals surface area contributed by atoms with Gasteiger partial charge in [-0.25, -0.2) is 4.98 Å². The number of carbonyl (C=O) groups excluding carboxylic acids is 1. The first-order valence-electron chi connectivity index (χ1n) is 7.58. The molecule has 0 bridgehead atoms. The summed E-state index contributed by atoms with van der Waals surface area (Å²) in [5.41, 5.74) is 1.04. The maximum atomic E-state index is 12.4. The molecule has 3 aromatic rings. The van der Waals surface area contributed by atoms with E-state index in [2.05, 4.69) is 15.3 Å². The molecule has 0 aliphatic carbocycles. The van der Waals surface area contributed by atoms with Crippen LogP contribution in [0.3, 0.4) is 0 Å². The Hall–Kier alpha value is -2.75. The lowest BCUT2D eigenvalue weighted by atomic mass is 9.95. The van der Waals surface area contributed by atoms with Crippen LogP contribution in [-0.4, -0.2) is 15.9 Å². The molecule has 0 saturated carbocycles. The zero-order valence-electron chi connectivity index (χ0n) is 13.5. The van der Waals surface area contributed by atoms with Gasteiger partial charge in [-0.15, -0.1) is 0 Å². The van der Waals surface area contributed by atoms with Gasteiger partial charge in [-0.05, 0) is 23.6 Å². The van der Waals surface area contributed by atoms with Crippen LogP contribution in [0.5, 0.6) is 0 Å². The standard InChI is InChI=1S/C19H19N3O/c1-19(2,3)18(23)22-17-14-9-5-4-8-13(14)12-16(21-17)15-10-6-7-11-20-15/h4-12H,1-3H3,(H,21,22,23). The number of hydrogen-bond acceptors (Lipinski definition) is 3. The van der Waals surface area contributed by atoms with Gasteiger partial charge in [0.05, 0.1) is 11.4 Å². The number of amides is 1. The maximum Gasteiger partial charge on any atom is 0.230 e. The summed E-state index contributed by atoms with van der Waals surface area (Å²) in [5, 5.41) is 4.90. The first kappa shape index (κ1) is 15.2. The van der Waals surface area contributed by atoms with E-state index in [1.807, 2.05) is 69.3 Å². The van der Waals surface area contributed by atoms with Gasteiger partial charge in [-0.2, -0.15) is 0 Å². The number of rotatable bonds is 2. The Labute approximate surface area is 135 Å². The Kier molecular flexibility index (Phi) is 3.82. The van der Waals surface area contributed by atoms with Gasteiger partial charge >= 0.3 is 0 Å². The predicted molar refractivity (Wildman–Crippen MR) is 93.1 cm³/mol. The van der Waals surface area contributed by atoms with Crippen molar-refractivity contribution < 1.29 is 4.79 Å². The van der Waals surface area contributed by atoms with Crippen molar-refractivity contribution in [2.24, 2.45) is 5.41 Å². The fraction of sp³-hybridized carbons (Fsp3) is 0.211. The van der Waals surface area contributed by atoms with E-state index in [1.54, 1.807) is 6.20 Å². The molecule has 0 spiro atoms. The van der Waals surface area contributed by atoms with E-state index < -0.39 is 5.41 Å². The van der Waals surface area contributed by atoms with Crippen molar-refractivity contribution in [2.45, 2.75) is 20.8 Å². The van der Waals surface area contributed by atoms with E-state index in [-0.39, 0.29) is 5.91 Å². The zero-order valence-corrected chi connectivity index (χ0v) is 13.5. The summed E-state index contributed by atoms with van der Waals surface area (Å²) < 4.78 is 0. The topological polar surface area (TPSA) is 54.9 Å². The van der Waals surface area contributed by atoms with Crippen molar-refractivity contribution >= 4 is 22.5 Å². The van der Waals surface area contributed by atoms with Gasteiger partial charge in [-0.3, -0.25) is 9.78 Å². The number of anilines is 1. The first-order valence-corrected chi connectivity index (χ1v) is 7.58. The lowest BCUT2D eigenvalue weighted by Crippen LogP contribution is -2.28. The second-order valence-corrected chi connectivity index (χ2v) is 6.50. The third kappa shape index (κ3) is 3.21. The number of nitrogens with one attached hydrogen (secondary N) is 1. The van der Waals surface area contributed by atoms with Crippen LogP contribution in [0.4, 0.5) is 5.82 Å². The van der Waals surface area contributed by atoms with Crippen molar-refractivity contribution in [3.63, 3.8) is 0 Å². The summed E-state index contributed by atoms with van der Waals surface area (Å²) in [4.78, 5) is 21.3. The van der Waals surface area contributed by atoms with Gasteiger partial charge in [0.25, 0.3) is 0 Å². The second-order valence-electron chi connectivity index (χ2n) is 6.50. The van der Waals surface area contributed by atoms with Crippen molar-refractivity contribution in [2.75, 3.05) is 5.32 Å². The minimum Gasteiger partial charge on any atom is -0.310 e. The third-order valence-corrected chi connectivity index (χ3v) is 3.58. The maximum absolute atomic E-state index is 12.4. The highest BCUT2D eigenvalue weighted by Gasteiger charge is 2.22. The summed E-state index contributed by atoms with van der Waals surface area (Å²) in [5.74, 6) is 0.511. The SMILES string of the molecule is CC(C)(C)C(=O)Nc1nc(-c2ccccn2)cc2ccccc12. The number of hydrogen-bond donors (Lipinski definition) is 1. The molecule has 0 saturated heterocycles. The normalized spacial score (nSPS) is 11.4. The summed E-state index contributed by atoms with van der Waals surface area (Å²) in [6.07, 6.45) is 1.74. The van der Waals surface area contributed by atoms with Crippen LogP contribution in [0.15, 0.2) is 54.7 Å². The van der Waals surface area contributed by atoms with Gasteiger partial charge in [0.15, 0.2) is 0 Å². The number of carbonyl (C=O) groups is 1. The van der Waals surface area contributed by atoms with Gasteiger partial charge in [0.2, 0.25) is 5.91 Å². The van der Waals surface area contributed by atoms with Crippen LogP contribution < -0.4 is 5.32 Å². The highest BCUT2D eigenvalue weighted by atomic mass is 16.2. The van der Waals surface area contributed by atoms with Crippen LogP contribution >= 0.6 is 0 Å². The summed E-state index contributed by atoms with van der Waals surface area (Å²) >= 11 is 0. The highest BCUT2D eigenvalue weighted by molar-refractivity contribution is 6.03. The number of benzene rings is 1. The van der Waals surface area contributed by atoms with Crippen LogP contribution in [0.2, 0.25) is 0 Å². The quantitative estimate of drug-likeness (QED) is 0.768. The van der Waals surface area contributed by atoms with Crippen molar-refractivity contribution in [3.8, 4) is 11.4 Å². The average Bonchev–Trinajstić information content (AvgIpc) is 2.54. The summed E-state index contributed by atoms with van der Waals surface area (Å²) in [6.45, 7) is 5.65. The molecule has 2 aromatic heterocycles. The fourth-order valence-electron chi connectivity index (χ4n) is 2.23. The van der Waals surface area contributed by atoms with E-state index in [0.29, 0.717) is 5.82 Å². The molecule has 1 amide bonds. The third-order valence-electron chi connectivity index (χ3n) is 3.58. The molecular weight excluding hydrogens is 286 g/mol. The molecule has 4 nitrogen and oxygen atoms in total. The second kappa shape index (κ2) is 5.80. The number of nitrogens with zero attached hydrogens (tertiary/aromatic N) is 2.